The van der Waals surface area contributed by atoms with Crippen LogP contribution in [0.2, 0.25) is 5.02 Å². The molecule has 2 aromatic carbocycles. The van der Waals surface area contributed by atoms with Crippen molar-refractivity contribution in [2.24, 2.45) is 0 Å². The normalized spacial score (nSPS) is 11.0. The number of carbonyl (C=O) groups is 2. The predicted octanol–water partition coefficient (Wildman–Crippen LogP) is 2.58. The number of amides is 1. The van der Waals surface area contributed by atoms with Crippen molar-refractivity contribution in [3.05, 3.63) is 65.2 Å². The van der Waals surface area contributed by atoms with Crippen LogP contribution in [0.3, 0.4) is 0 Å². The quantitative estimate of drug-likeness (QED) is 0.811. The van der Waals surface area contributed by atoms with Crippen LogP contribution in [0.1, 0.15) is 10.4 Å². The third kappa shape index (κ3) is 5.50. The zero-order valence-corrected chi connectivity index (χ0v) is 13.6. The summed E-state index contributed by atoms with van der Waals surface area (Å²) in [7, 11) is -3.84. The number of anilines is 1. The molecule has 0 spiro atoms. The summed E-state index contributed by atoms with van der Waals surface area (Å²) in [5, 5.41) is 2.95. The number of halogens is 1. The Kier molecular flexibility index (Phi) is 5.52. The third-order valence-electron chi connectivity index (χ3n) is 2.93. The Bertz CT molecular complexity index is 802. The van der Waals surface area contributed by atoms with Gasteiger partial charge in [0, 0.05) is 16.3 Å². The summed E-state index contributed by atoms with van der Waals surface area (Å²) in [6.07, 6.45) is 0. The van der Waals surface area contributed by atoms with Gasteiger partial charge in [0.2, 0.25) is 5.91 Å². The molecule has 0 saturated carbocycles. The van der Waals surface area contributed by atoms with Gasteiger partial charge in [-0.25, -0.2) is 8.42 Å². The minimum absolute atomic E-state index is 0.300. The molecule has 5 nitrogen and oxygen atoms in total. The molecule has 7 heteroatoms. The van der Waals surface area contributed by atoms with E-state index in [0.717, 1.165) is 0 Å². The van der Waals surface area contributed by atoms with E-state index in [4.69, 9.17) is 11.6 Å². The summed E-state index contributed by atoms with van der Waals surface area (Å²) in [4.78, 5) is 23.7. The molecule has 2 aromatic rings. The summed E-state index contributed by atoms with van der Waals surface area (Å²) in [5.41, 5.74) is 0.734. The van der Waals surface area contributed by atoms with Gasteiger partial charge in [-0.05, 0) is 24.3 Å². The molecular formula is C16H14ClNO4S. The smallest absolute Gasteiger partial charge is 0.239 e. The molecule has 120 valence electrons. The van der Waals surface area contributed by atoms with E-state index in [0.29, 0.717) is 16.3 Å². The van der Waals surface area contributed by atoms with Gasteiger partial charge >= 0.3 is 0 Å². The lowest BCUT2D eigenvalue weighted by Crippen LogP contribution is -2.27. The maximum Gasteiger partial charge on any atom is 0.239 e. The van der Waals surface area contributed by atoms with Crippen molar-refractivity contribution in [2.75, 3.05) is 16.8 Å². The first-order valence-electron chi connectivity index (χ1n) is 6.70. The van der Waals surface area contributed by atoms with Crippen molar-refractivity contribution in [1.82, 2.24) is 0 Å². The third-order valence-corrected chi connectivity index (χ3v) is 4.58. The lowest BCUT2D eigenvalue weighted by atomic mass is 10.2. The van der Waals surface area contributed by atoms with Gasteiger partial charge < -0.3 is 5.32 Å². The van der Waals surface area contributed by atoms with Crippen molar-refractivity contribution in [1.29, 1.82) is 0 Å². The highest BCUT2D eigenvalue weighted by atomic mass is 35.5. The molecule has 0 aliphatic heterocycles. The second-order valence-electron chi connectivity index (χ2n) is 4.88. The average molecular weight is 352 g/mol. The Morgan fingerprint density at radius 1 is 0.913 bits per heavy atom. The monoisotopic (exact) mass is 351 g/mol. The molecule has 0 radical (unpaired) electrons. The number of Topliss-reactive ketones (excluding diaryl/α,β-unsaturated/α-hetero) is 1. The second kappa shape index (κ2) is 7.39. The van der Waals surface area contributed by atoms with Crippen LogP contribution in [-0.2, 0) is 14.6 Å². The van der Waals surface area contributed by atoms with E-state index in [-0.39, 0.29) is 0 Å². The standard InChI is InChI=1S/C16H14ClNO4S/c17-13-6-8-14(9-7-13)18-16(20)11-23(21,22)10-15(19)12-4-2-1-3-5-12/h1-9H,10-11H2,(H,18,20). The van der Waals surface area contributed by atoms with E-state index < -0.39 is 33.0 Å². The predicted molar refractivity (Wildman–Crippen MR) is 89.5 cm³/mol. The van der Waals surface area contributed by atoms with E-state index in [2.05, 4.69) is 5.32 Å². The SMILES string of the molecule is O=C(CS(=O)(=O)CC(=O)c1ccccc1)Nc1ccc(Cl)cc1. The first-order chi connectivity index (χ1) is 10.9. The summed E-state index contributed by atoms with van der Waals surface area (Å²) < 4.78 is 23.9. The number of nitrogens with one attached hydrogen (secondary N) is 1. The number of carbonyl (C=O) groups excluding carboxylic acids is 2. The van der Waals surface area contributed by atoms with E-state index in [9.17, 15) is 18.0 Å². The Morgan fingerprint density at radius 3 is 2.13 bits per heavy atom. The van der Waals surface area contributed by atoms with E-state index in [1.165, 1.54) is 12.1 Å². The molecule has 23 heavy (non-hydrogen) atoms. The topological polar surface area (TPSA) is 80.3 Å². The summed E-state index contributed by atoms with van der Waals surface area (Å²) in [5.74, 6) is -2.70. The zero-order valence-electron chi connectivity index (χ0n) is 12.0. The van der Waals surface area contributed by atoms with Crippen LogP contribution >= 0.6 is 11.6 Å². The van der Waals surface area contributed by atoms with Crippen LogP contribution in [-0.4, -0.2) is 31.6 Å². The number of benzene rings is 2. The molecule has 1 amide bonds. The molecule has 1 N–H and O–H groups in total. The van der Waals surface area contributed by atoms with Gasteiger partial charge in [-0.15, -0.1) is 0 Å². The molecule has 0 atom stereocenters. The zero-order chi connectivity index (χ0) is 16.9. The molecule has 0 bridgehead atoms. The van der Waals surface area contributed by atoms with Gasteiger partial charge in [0.25, 0.3) is 0 Å². The average Bonchev–Trinajstić information content (AvgIpc) is 2.49. The summed E-state index contributed by atoms with van der Waals surface area (Å²) in [6.45, 7) is 0. The summed E-state index contributed by atoms with van der Waals surface area (Å²) in [6, 6.07) is 14.3. The van der Waals surface area contributed by atoms with Crippen LogP contribution < -0.4 is 5.32 Å². The van der Waals surface area contributed by atoms with Crippen molar-refractivity contribution in [2.45, 2.75) is 0 Å². The molecule has 0 saturated heterocycles. The van der Waals surface area contributed by atoms with Gasteiger partial charge in [0.05, 0.1) is 0 Å². The minimum atomic E-state index is -3.84. The summed E-state index contributed by atoms with van der Waals surface area (Å²) >= 11 is 5.72. The van der Waals surface area contributed by atoms with Crippen molar-refractivity contribution >= 4 is 38.8 Å². The van der Waals surface area contributed by atoms with Crippen LogP contribution in [0, 0.1) is 0 Å². The molecule has 0 heterocycles. The first-order valence-corrected chi connectivity index (χ1v) is 8.90. The van der Waals surface area contributed by atoms with Crippen molar-refractivity contribution < 1.29 is 18.0 Å². The number of rotatable bonds is 6. The van der Waals surface area contributed by atoms with Crippen LogP contribution in [0.15, 0.2) is 54.6 Å². The Hall–Kier alpha value is -2.18. The minimum Gasteiger partial charge on any atom is -0.325 e. The Balaban J connectivity index is 1.96. The number of sulfone groups is 1. The fourth-order valence-electron chi connectivity index (χ4n) is 1.89. The van der Waals surface area contributed by atoms with Gasteiger partial charge in [-0.1, -0.05) is 41.9 Å². The first kappa shape index (κ1) is 17.2. The van der Waals surface area contributed by atoms with Gasteiger partial charge in [-0.3, -0.25) is 9.59 Å². The Morgan fingerprint density at radius 2 is 1.52 bits per heavy atom. The lowest BCUT2D eigenvalue weighted by Gasteiger charge is -2.06. The number of hydrogen-bond acceptors (Lipinski definition) is 4. The molecular weight excluding hydrogens is 338 g/mol. The van der Waals surface area contributed by atoms with E-state index in [1.807, 2.05) is 0 Å². The Labute approximate surface area is 139 Å². The van der Waals surface area contributed by atoms with Crippen LogP contribution in [0.25, 0.3) is 0 Å². The molecule has 0 fully saturated rings. The van der Waals surface area contributed by atoms with Crippen molar-refractivity contribution in [3.8, 4) is 0 Å². The van der Waals surface area contributed by atoms with E-state index >= 15 is 0 Å². The van der Waals surface area contributed by atoms with E-state index in [1.54, 1.807) is 42.5 Å². The highest BCUT2D eigenvalue weighted by Gasteiger charge is 2.21. The fourth-order valence-corrected chi connectivity index (χ4v) is 3.15. The molecule has 0 aromatic heterocycles. The van der Waals surface area contributed by atoms with Crippen LogP contribution in [0.4, 0.5) is 5.69 Å². The maximum absolute atomic E-state index is 12.0. The van der Waals surface area contributed by atoms with Gasteiger partial charge in [-0.2, -0.15) is 0 Å². The molecule has 0 aliphatic carbocycles. The number of hydrogen-bond donors (Lipinski definition) is 1. The molecule has 0 unspecified atom stereocenters. The second-order valence-corrected chi connectivity index (χ2v) is 7.38. The van der Waals surface area contributed by atoms with Gasteiger partial charge in [0.15, 0.2) is 15.6 Å². The highest BCUT2D eigenvalue weighted by molar-refractivity contribution is 7.92. The van der Waals surface area contributed by atoms with Gasteiger partial charge in [0.1, 0.15) is 11.5 Å². The maximum atomic E-state index is 12.0. The lowest BCUT2D eigenvalue weighted by molar-refractivity contribution is -0.113. The molecule has 0 aliphatic rings. The highest BCUT2D eigenvalue weighted by Crippen LogP contribution is 2.13. The van der Waals surface area contributed by atoms with Crippen LogP contribution in [0.5, 0.6) is 0 Å². The fraction of sp³-hybridized carbons (Fsp3) is 0.125. The molecule has 2 rings (SSSR count). The number of ketones is 1. The van der Waals surface area contributed by atoms with Crippen molar-refractivity contribution in [3.63, 3.8) is 0 Å². The largest absolute Gasteiger partial charge is 0.325 e.